The third-order valence-corrected chi connectivity index (χ3v) is 5.47. The summed E-state index contributed by atoms with van der Waals surface area (Å²) >= 11 is 0. The van der Waals surface area contributed by atoms with E-state index in [0.29, 0.717) is 18.9 Å². The molecule has 1 N–H and O–H groups in total. The van der Waals surface area contributed by atoms with Crippen LogP contribution in [0.4, 0.5) is 9.59 Å². The first-order valence-electron chi connectivity index (χ1n) is 11.4. The second-order valence-corrected chi connectivity index (χ2v) is 9.22. The molecule has 34 heavy (non-hydrogen) atoms. The van der Waals surface area contributed by atoms with E-state index in [9.17, 15) is 9.59 Å². The van der Waals surface area contributed by atoms with Gasteiger partial charge < -0.3 is 19.4 Å². The second kappa shape index (κ2) is 9.99. The molecule has 0 bridgehead atoms. The zero-order chi connectivity index (χ0) is 24.1. The molecule has 0 aliphatic carbocycles. The number of amides is 2. The molecule has 0 saturated carbocycles. The Morgan fingerprint density at radius 1 is 1.00 bits per heavy atom. The average molecular weight is 463 g/mol. The number of ether oxygens (including phenoxy) is 2. The molecule has 1 atom stereocenters. The number of benzene rings is 2. The number of hydrogen-bond donors (Lipinski definition) is 1. The third kappa shape index (κ3) is 5.75. The maximum absolute atomic E-state index is 13.0. The summed E-state index contributed by atoms with van der Waals surface area (Å²) in [5.41, 5.74) is 2.10. The van der Waals surface area contributed by atoms with Gasteiger partial charge in [0.2, 0.25) is 0 Å². The van der Waals surface area contributed by atoms with Crippen molar-refractivity contribution in [2.24, 2.45) is 0 Å². The molecule has 2 amide bonds. The van der Waals surface area contributed by atoms with Gasteiger partial charge in [-0.3, -0.25) is 4.90 Å². The normalized spacial score (nSPS) is 16.3. The van der Waals surface area contributed by atoms with Crippen molar-refractivity contribution in [1.82, 2.24) is 19.8 Å². The van der Waals surface area contributed by atoms with Gasteiger partial charge in [0.05, 0.1) is 18.4 Å². The lowest BCUT2D eigenvalue weighted by atomic mass is 10.1. The first-order valence-corrected chi connectivity index (χ1v) is 11.4. The molecule has 2 heterocycles. The molecular weight excluding hydrogens is 432 g/mol. The number of nitrogens with one attached hydrogen (secondary N) is 1. The van der Waals surface area contributed by atoms with Crippen molar-refractivity contribution >= 4 is 12.2 Å². The van der Waals surface area contributed by atoms with E-state index in [1.807, 2.05) is 81.4 Å². The van der Waals surface area contributed by atoms with Gasteiger partial charge in [0.25, 0.3) is 0 Å². The van der Waals surface area contributed by atoms with Crippen molar-refractivity contribution < 1.29 is 19.1 Å². The smallest absolute Gasteiger partial charge is 0.411 e. The highest BCUT2D eigenvalue weighted by atomic mass is 16.6. The molecule has 1 aliphatic rings. The lowest BCUT2D eigenvalue weighted by Gasteiger charge is -2.40. The van der Waals surface area contributed by atoms with Gasteiger partial charge in [-0.2, -0.15) is 0 Å². The Bertz CT molecular complexity index is 1110. The maximum atomic E-state index is 13.0. The number of piperazine rings is 1. The highest BCUT2D eigenvalue weighted by molar-refractivity contribution is 5.71. The van der Waals surface area contributed by atoms with Crippen LogP contribution in [0.25, 0.3) is 11.3 Å². The Hall–Kier alpha value is -3.81. The van der Waals surface area contributed by atoms with Gasteiger partial charge in [0.15, 0.2) is 0 Å². The molecule has 1 saturated heterocycles. The molecule has 1 aliphatic heterocycles. The molecular formula is C26H30N4O4. The third-order valence-electron chi connectivity index (χ3n) is 5.47. The van der Waals surface area contributed by atoms with Gasteiger partial charge in [-0.15, -0.1) is 0 Å². The summed E-state index contributed by atoms with van der Waals surface area (Å²) in [7, 11) is 0. The average Bonchev–Trinajstić information content (AvgIpc) is 3.32. The van der Waals surface area contributed by atoms with E-state index >= 15 is 0 Å². The van der Waals surface area contributed by atoms with Gasteiger partial charge in [-0.05, 0) is 31.9 Å². The van der Waals surface area contributed by atoms with Gasteiger partial charge in [0.1, 0.15) is 24.1 Å². The van der Waals surface area contributed by atoms with Crippen molar-refractivity contribution in [1.29, 1.82) is 0 Å². The summed E-state index contributed by atoms with van der Waals surface area (Å²) < 4.78 is 11.2. The van der Waals surface area contributed by atoms with Crippen molar-refractivity contribution in [2.45, 2.75) is 39.0 Å². The first kappa shape index (κ1) is 23.4. The maximum Gasteiger partial charge on any atom is 0.411 e. The second-order valence-electron chi connectivity index (χ2n) is 9.22. The molecule has 1 aromatic heterocycles. The summed E-state index contributed by atoms with van der Waals surface area (Å²) in [6.45, 7) is 6.58. The number of H-pyrrole nitrogens is 1. The van der Waals surface area contributed by atoms with E-state index in [-0.39, 0.29) is 13.2 Å². The number of nitrogens with zero attached hydrogens (tertiary/aromatic N) is 3. The van der Waals surface area contributed by atoms with Crippen LogP contribution < -0.4 is 0 Å². The number of carbonyl (C=O) groups excluding carboxylic acids is 2. The molecule has 8 heteroatoms. The number of aromatic amines is 1. The molecule has 8 nitrogen and oxygen atoms in total. The van der Waals surface area contributed by atoms with E-state index < -0.39 is 23.8 Å². The lowest BCUT2D eigenvalue weighted by molar-refractivity contribution is -0.00487. The highest BCUT2D eigenvalue weighted by Crippen LogP contribution is 2.28. The number of aromatic nitrogens is 2. The predicted octanol–water partition coefficient (Wildman–Crippen LogP) is 5.01. The van der Waals surface area contributed by atoms with Crippen LogP contribution in [0.1, 0.15) is 38.2 Å². The summed E-state index contributed by atoms with van der Waals surface area (Å²) in [4.78, 5) is 36.9. The van der Waals surface area contributed by atoms with E-state index in [2.05, 4.69) is 9.97 Å². The lowest BCUT2D eigenvalue weighted by Crippen LogP contribution is -2.53. The van der Waals surface area contributed by atoms with Gasteiger partial charge in [0, 0.05) is 13.1 Å². The minimum absolute atomic E-state index is 0.190. The van der Waals surface area contributed by atoms with Crippen molar-refractivity contribution in [3.8, 4) is 11.3 Å². The van der Waals surface area contributed by atoms with Crippen molar-refractivity contribution in [2.75, 3.05) is 19.6 Å². The van der Waals surface area contributed by atoms with Crippen LogP contribution in [0.15, 0.2) is 66.9 Å². The summed E-state index contributed by atoms with van der Waals surface area (Å²) in [6, 6.07) is 18.9. The Kier molecular flexibility index (Phi) is 6.86. The fraction of sp³-hybridized carbons (Fsp3) is 0.346. The molecule has 0 radical (unpaired) electrons. The zero-order valence-corrected chi connectivity index (χ0v) is 19.7. The minimum atomic E-state index is -0.633. The number of hydrogen-bond acceptors (Lipinski definition) is 5. The van der Waals surface area contributed by atoms with Crippen LogP contribution in [-0.2, 0) is 16.1 Å². The van der Waals surface area contributed by atoms with Gasteiger partial charge >= 0.3 is 12.2 Å². The van der Waals surface area contributed by atoms with E-state index in [0.717, 1.165) is 16.8 Å². The molecule has 3 aromatic rings. The Morgan fingerprint density at radius 3 is 2.35 bits per heavy atom. The summed E-state index contributed by atoms with van der Waals surface area (Å²) in [5.74, 6) is 0.588. The summed E-state index contributed by atoms with van der Waals surface area (Å²) in [6.07, 6.45) is 0.880. The predicted molar refractivity (Wildman–Crippen MR) is 128 cm³/mol. The molecule has 1 unspecified atom stereocenters. The van der Waals surface area contributed by atoms with Crippen molar-refractivity contribution in [3.63, 3.8) is 0 Å². The standard InChI is InChI=1S/C26H30N4O4/c1-26(2,3)34-25(32)30-15-14-29(24(31)33-18-19-10-6-4-7-11-19)17-22(30)23-27-16-21(28-23)20-12-8-5-9-13-20/h4-13,16,22H,14-15,17-18H2,1-3H3,(H,27,28). The Labute approximate surface area is 199 Å². The van der Waals surface area contributed by atoms with Crippen LogP contribution in [0.5, 0.6) is 0 Å². The number of rotatable bonds is 4. The number of carbonyl (C=O) groups is 2. The highest BCUT2D eigenvalue weighted by Gasteiger charge is 2.38. The molecule has 1 fully saturated rings. The first-order chi connectivity index (χ1) is 16.3. The van der Waals surface area contributed by atoms with Crippen LogP contribution in [0.2, 0.25) is 0 Å². The number of imidazole rings is 1. The van der Waals surface area contributed by atoms with Crippen LogP contribution in [0.3, 0.4) is 0 Å². The molecule has 2 aromatic carbocycles. The van der Waals surface area contributed by atoms with Crippen molar-refractivity contribution in [3.05, 3.63) is 78.2 Å². The minimum Gasteiger partial charge on any atom is -0.445 e. The largest absolute Gasteiger partial charge is 0.445 e. The van der Waals surface area contributed by atoms with E-state index in [1.165, 1.54) is 0 Å². The quantitative estimate of drug-likeness (QED) is 0.589. The van der Waals surface area contributed by atoms with E-state index in [4.69, 9.17) is 9.47 Å². The monoisotopic (exact) mass is 462 g/mol. The topological polar surface area (TPSA) is 87.8 Å². The van der Waals surface area contributed by atoms with E-state index in [1.54, 1.807) is 16.0 Å². The SMILES string of the molecule is CC(C)(C)OC(=O)N1CCN(C(=O)OCc2ccccc2)CC1c1ncc(-c2ccccc2)[nH]1. The Morgan fingerprint density at radius 2 is 1.68 bits per heavy atom. The van der Waals surface area contributed by atoms with Crippen LogP contribution >= 0.6 is 0 Å². The van der Waals surface area contributed by atoms with Crippen LogP contribution in [-0.4, -0.2) is 57.2 Å². The van der Waals surface area contributed by atoms with Crippen LogP contribution in [0, 0.1) is 0 Å². The molecule has 4 rings (SSSR count). The zero-order valence-electron chi connectivity index (χ0n) is 19.7. The Balaban J connectivity index is 1.52. The van der Waals surface area contributed by atoms with Gasteiger partial charge in [-0.25, -0.2) is 14.6 Å². The fourth-order valence-corrected chi connectivity index (χ4v) is 3.80. The van der Waals surface area contributed by atoms with Gasteiger partial charge in [-0.1, -0.05) is 60.7 Å². The summed E-state index contributed by atoms with van der Waals surface area (Å²) in [5, 5.41) is 0. The fourth-order valence-electron chi connectivity index (χ4n) is 3.80. The molecule has 178 valence electrons. The molecule has 0 spiro atoms.